The van der Waals surface area contributed by atoms with E-state index in [2.05, 4.69) is 70.4 Å². The summed E-state index contributed by atoms with van der Waals surface area (Å²) in [5, 5.41) is 3.58. The van der Waals surface area contributed by atoms with Crippen LogP contribution in [0.5, 0.6) is 0 Å². The first-order chi connectivity index (χ1) is 11.7. The van der Waals surface area contributed by atoms with Gasteiger partial charge in [0.15, 0.2) is 5.96 Å². The Balaban J connectivity index is 0.00000225. The Morgan fingerprint density at radius 1 is 1.24 bits per heavy atom. The average Bonchev–Trinajstić information content (AvgIpc) is 3.27. The van der Waals surface area contributed by atoms with Crippen LogP contribution in [0, 0.1) is 6.92 Å². The van der Waals surface area contributed by atoms with E-state index in [4.69, 9.17) is 0 Å². The third kappa shape index (κ3) is 5.20. The molecule has 0 bridgehead atoms. The second-order valence-corrected chi connectivity index (χ2v) is 7.05. The van der Waals surface area contributed by atoms with Crippen molar-refractivity contribution in [1.29, 1.82) is 0 Å². The number of nitrogens with one attached hydrogen (secondary N) is 1. The smallest absolute Gasteiger partial charge is 0.193 e. The summed E-state index contributed by atoms with van der Waals surface area (Å²) in [4.78, 5) is 9.47. The zero-order valence-corrected chi connectivity index (χ0v) is 17.9. The first kappa shape index (κ1) is 20.2. The molecule has 0 spiro atoms. The molecular formula is C20H31IN4. The second kappa shape index (κ2) is 9.57. The minimum atomic E-state index is 0. The van der Waals surface area contributed by atoms with Crippen molar-refractivity contribution in [2.75, 3.05) is 39.8 Å². The zero-order chi connectivity index (χ0) is 16.9. The van der Waals surface area contributed by atoms with Crippen molar-refractivity contribution < 1.29 is 0 Å². The molecule has 1 aromatic rings. The molecule has 0 aromatic heterocycles. The molecule has 0 aliphatic carbocycles. The number of aliphatic imine (C=N–C) groups is 1. The lowest BCUT2D eigenvalue weighted by Crippen LogP contribution is -2.43. The van der Waals surface area contributed by atoms with E-state index in [-0.39, 0.29) is 24.0 Å². The highest BCUT2D eigenvalue weighted by Gasteiger charge is 2.29. The van der Waals surface area contributed by atoms with Crippen LogP contribution in [0.1, 0.15) is 30.4 Å². The van der Waals surface area contributed by atoms with Crippen molar-refractivity contribution >= 4 is 29.9 Å². The summed E-state index contributed by atoms with van der Waals surface area (Å²) >= 11 is 0. The van der Waals surface area contributed by atoms with Gasteiger partial charge in [0.05, 0.1) is 0 Å². The van der Waals surface area contributed by atoms with Crippen LogP contribution in [0.3, 0.4) is 0 Å². The molecule has 5 heteroatoms. The summed E-state index contributed by atoms with van der Waals surface area (Å²) in [7, 11) is 1.89. The maximum Gasteiger partial charge on any atom is 0.193 e. The highest BCUT2D eigenvalue weighted by Crippen LogP contribution is 2.19. The number of rotatable bonds is 4. The molecule has 1 fully saturated rings. The number of guanidine groups is 1. The molecule has 25 heavy (non-hydrogen) atoms. The van der Waals surface area contributed by atoms with Gasteiger partial charge in [-0.1, -0.05) is 48.9 Å². The number of aryl methyl sites for hydroxylation is 1. The normalized spacial score (nSPS) is 22.1. The Morgan fingerprint density at radius 3 is 2.56 bits per heavy atom. The first-order valence-electron chi connectivity index (χ1n) is 9.08. The summed E-state index contributed by atoms with van der Waals surface area (Å²) in [6.07, 6.45) is 5.79. The molecular weight excluding hydrogens is 423 g/mol. The lowest BCUT2D eigenvalue weighted by atomic mass is 10.0. The quantitative estimate of drug-likeness (QED) is 0.328. The van der Waals surface area contributed by atoms with Gasteiger partial charge in [-0.2, -0.15) is 0 Å². The number of nitrogens with zero attached hydrogens (tertiary/aromatic N) is 3. The van der Waals surface area contributed by atoms with Crippen molar-refractivity contribution in [1.82, 2.24) is 15.1 Å². The van der Waals surface area contributed by atoms with Crippen molar-refractivity contribution in [3.63, 3.8) is 0 Å². The largest absolute Gasteiger partial charge is 0.356 e. The molecule has 1 N–H and O–H groups in total. The Hall–Kier alpha value is -1.08. The van der Waals surface area contributed by atoms with Crippen LogP contribution in [-0.4, -0.2) is 61.6 Å². The fourth-order valence-corrected chi connectivity index (χ4v) is 3.61. The summed E-state index contributed by atoms with van der Waals surface area (Å²) in [5.74, 6) is 1.52. The van der Waals surface area contributed by atoms with Gasteiger partial charge < -0.3 is 10.2 Å². The lowest BCUT2D eigenvalue weighted by molar-refractivity contribution is 0.259. The molecule has 2 aliphatic rings. The molecule has 0 amide bonds. The van der Waals surface area contributed by atoms with Crippen LogP contribution in [0.4, 0.5) is 0 Å². The molecule has 2 aliphatic heterocycles. The number of halogens is 1. The zero-order valence-electron chi connectivity index (χ0n) is 15.6. The summed E-state index contributed by atoms with van der Waals surface area (Å²) in [6, 6.07) is 9.51. The Labute approximate surface area is 169 Å². The molecule has 138 valence electrons. The summed E-state index contributed by atoms with van der Waals surface area (Å²) in [5.41, 5.74) is 2.69. The lowest BCUT2D eigenvalue weighted by Gasteiger charge is -2.26. The minimum absolute atomic E-state index is 0. The number of hydrogen-bond acceptors (Lipinski definition) is 2. The van der Waals surface area contributed by atoms with E-state index < -0.39 is 0 Å². The first-order valence-corrected chi connectivity index (χ1v) is 9.08. The van der Waals surface area contributed by atoms with Crippen molar-refractivity contribution in [2.45, 2.75) is 32.2 Å². The average molecular weight is 454 g/mol. The summed E-state index contributed by atoms with van der Waals surface area (Å²) < 4.78 is 0. The predicted molar refractivity (Wildman–Crippen MR) is 117 cm³/mol. The Morgan fingerprint density at radius 2 is 1.92 bits per heavy atom. The number of likely N-dealkylation sites (tertiary alicyclic amines) is 1. The highest BCUT2D eigenvalue weighted by molar-refractivity contribution is 14.0. The van der Waals surface area contributed by atoms with Crippen LogP contribution in [0.25, 0.3) is 0 Å². The highest BCUT2D eigenvalue weighted by atomic mass is 127. The standard InChI is InChI=1S/C20H30N4.HI/c1-16-6-8-18(9-7-16)17(2)14-22-20(21-3)24-13-10-19(15-24)23-11-4-5-12-23;/h4-9,17,19H,10-15H2,1-3H3,(H,21,22);1H. The summed E-state index contributed by atoms with van der Waals surface area (Å²) in [6.45, 7) is 9.72. The van der Waals surface area contributed by atoms with Crippen LogP contribution in [-0.2, 0) is 0 Å². The minimum Gasteiger partial charge on any atom is -0.356 e. The third-order valence-corrected chi connectivity index (χ3v) is 5.25. The van der Waals surface area contributed by atoms with Gasteiger partial charge in [0.25, 0.3) is 0 Å². The molecule has 1 aromatic carbocycles. The van der Waals surface area contributed by atoms with Gasteiger partial charge in [0.2, 0.25) is 0 Å². The van der Waals surface area contributed by atoms with Crippen LogP contribution >= 0.6 is 24.0 Å². The molecule has 4 nitrogen and oxygen atoms in total. The second-order valence-electron chi connectivity index (χ2n) is 7.05. The van der Waals surface area contributed by atoms with E-state index in [0.29, 0.717) is 12.0 Å². The molecule has 1 saturated heterocycles. The van der Waals surface area contributed by atoms with Gasteiger partial charge in [-0.15, -0.1) is 24.0 Å². The van der Waals surface area contributed by atoms with E-state index in [1.165, 1.54) is 17.5 Å². The Kier molecular flexibility index (Phi) is 7.75. The van der Waals surface area contributed by atoms with Crippen molar-refractivity contribution in [2.24, 2.45) is 4.99 Å². The van der Waals surface area contributed by atoms with Crippen molar-refractivity contribution in [3.05, 3.63) is 47.5 Å². The molecule has 0 radical (unpaired) electrons. The van der Waals surface area contributed by atoms with E-state index in [0.717, 1.165) is 38.7 Å². The SMILES string of the molecule is CN=C(NCC(C)c1ccc(C)cc1)N1CCC(N2CC=CC2)C1.I. The van der Waals surface area contributed by atoms with Gasteiger partial charge in [-0.25, -0.2) is 0 Å². The van der Waals surface area contributed by atoms with Gasteiger partial charge >= 0.3 is 0 Å². The van der Waals surface area contributed by atoms with Gasteiger partial charge in [0, 0.05) is 45.8 Å². The van der Waals surface area contributed by atoms with E-state index in [1.807, 2.05) is 7.05 Å². The molecule has 2 atom stereocenters. The van der Waals surface area contributed by atoms with Crippen LogP contribution in [0.15, 0.2) is 41.4 Å². The Bertz CT molecular complexity index is 588. The maximum absolute atomic E-state index is 4.51. The number of hydrogen-bond donors (Lipinski definition) is 1. The fraction of sp³-hybridized carbons (Fsp3) is 0.550. The van der Waals surface area contributed by atoms with Crippen LogP contribution in [0.2, 0.25) is 0 Å². The van der Waals surface area contributed by atoms with Gasteiger partial charge in [-0.3, -0.25) is 9.89 Å². The van der Waals surface area contributed by atoms with Crippen LogP contribution < -0.4 is 5.32 Å². The van der Waals surface area contributed by atoms with Gasteiger partial charge in [0.1, 0.15) is 0 Å². The maximum atomic E-state index is 4.51. The topological polar surface area (TPSA) is 30.9 Å². The van der Waals surface area contributed by atoms with E-state index >= 15 is 0 Å². The fourth-order valence-electron chi connectivity index (χ4n) is 3.61. The predicted octanol–water partition coefficient (Wildman–Crippen LogP) is 3.24. The van der Waals surface area contributed by atoms with E-state index in [1.54, 1.807) is 0 Å². The monoisotopic (exact) mass is 454 g/mol. The number of benzene rings is 1. The third-order valence-electron chi connectivity index (χ3n) is 5.25. The molecule has 2 heterocycles. The van der Waals surface area contributed by atoms with Gasteiger partial charge in [-0.05, 0) is 24.8 Å². The van der Waals surface area contributed by atoms with Crippen molar-refractivity contribution in [3.8, 4) is 0 Å². The van der Waals surface area contributed by atoms with E-state index in [9.17, 15) is 0 Å². The molecule has 0 saturated carbocycles. The molecule has 2 unspecified atom stereocenters. The molecule has 3 rings (SSSR count).